The summed E-state index contributed by atoms with van der Waals surface area (Å²) in [6.45, 7) is 5.77. The van der Waals surface area contributed by atoms with E-state index in [0.29, 0.717) is 12.7 Å². The highest BCUT2D eigenvalue weighted by Crippen LogP contribution is 2.33. The fourth-order valence-corrected chi connectivity index (χ4v) is 4.01. The minimum atomic E-state index is -1.15. The predicted octanol–water partition coefficient (Wildman–Crippen LogP) is 5.58. The first kappa shape index (κ1) is 29.8. The van der Waals surface area contributed by atoms with Crippen LogP contribution in [0.15, 0.2) is 97.1 Å². The number of carbonyl (C=O) groups is 3. The molecule has 216 valence electrons. The molecule has 0 saturated carbocycles. The van der Waals surface area contributed by atoms with E-state index in [-0.39, 0.29) is 33.6 Å². The van der Waals surface area contributed by atoms with Crippen LogP contribution in [0.4, 0.5) is 0 Å². The Balaban J connectivity index is 0.000000148. The van der Waals surface area contributed by atoms with E-state index in [1.807, 2.05) is 54.6 Å². The lowest BCUT2D eigenvalue weighted by atomic mass is 9.78. The van der Waals surface area contributed by atoms with Gasteiger partial charge in [0.2, 0.25) is 0 Å². The number of carbonyl (C=O) groups excluding carboxylic acids is 2. The topological polar surface area (TPSA) is 143 Å². The first-order valence-electron chi connectivity index (χ1n) is 13.1. The molecule has 2 aliphatic heterocycles. The Hall–Kier alpha value is -5.15. The summed E-state index contributed by atoms with van der Waals surface area (Å²) in [7, 11) is 0. The highest BCUT2D eigenvalue weighted by Gasteiger charge is 2.30. The zero-order chi connectivity index (χ0) is 30.3. The van der Waals surface area contributed by atoms with Crippen molar-refractivity contribution in [3.05, 3.63) is 125 Å². The molecule has 0 radical (unpaired) electrons. The second-order valence-corrected chi connectivity index (χ2v) is 10.0. The Kier molecular flexibility index (Phi) is 9.24. The van der Waals surface area contributed by atoms with E-state index >= 15 is 0 Å². The molecule has 4 aromatic rings. The normalized spacial score (nSPS) is 14.8. The number of para-hydroxylation sites is 1. The molecule has 4 aromatic carbocycles. The van der Waals surface area contributed by atoms with Gasteiger partial charge in [0.25, 0.3) is 0 Å². The molecular formula is C33H30O9. The van der Waals surface area contributed by atoms with Crippen LogP contribution in [-0.4, -0.2) is 52.5 Å². The number of ether oxygens (including phenoxy) is 3. The van der Waals surface area contributed by atoms with Crippen molar-refractivity contribution in [3.8, 4) is 17.2 Å². The van der Waals surface area contributed by atoms with Crippen LogP contribution in [0.2, 0.25) is 0 Å². The average molecular weight is 571 g/mol. The van der Waals surface area contributed by atoms with Crippen LogP contribution >= 0.6 is 0 Å². The third kappa shape index (κ3) is 7.74. The maximum Gasteiger partial charge on any atom is 0.346 e. The number of benzene rings is 4. The Labute approximate surface area is 242 Å². The molecule has 3 N–H and O–H groups in total. The van der Waals surface area contributed by atoms with Gasteiger partial charge in [0, 0.05) is 5.41 Å². The third-order valence-electron chi connectivity index (χ3n) is 6.65. The molecule has 1 unspecified atom stereocenters. The molecule has 0 spiro atoms. The van der Waals surface area contributed by atoms with Gasteiger partial charge in [-0.15, -0.1) is 0 Å². The highest BCUT2D eigenvalue weighted by molar-refractivity contribution is 6.15. The minimum Gasteiger partial charge on any atom is -0.508 e. The number of rotatable bonds is 6. The summed E-state index contributed by atoms with van der Waals surface area (Å²) in [5.41, 5.74) is 2.17. The van der Waals surface area contributed by atoms with Crippen molar-refractivity contribution in [1.29, 1.82) is 0 Å². The molecule has 9 heteroatoms. The van der Waals surface area contributed by atoms with Gasteiger partial charge in [-0.3, -0.25) is 0 Å². The van der Waals surface area contributed by atoms with Gasteiger partial charge in [0.05, 0.1) is 23.3 Å². The van der Waals surface area contributed by atoms with Crippen LogP contribution in [0, 0.1) is 0 Å². The van der Waals surface area contributed by atoms with E-state index in [9.17, 15) is 24.6 Å². The van der Waals surface area contributed by atoms with E-state index in [0.717, 1.165) is 29.5 Å². The molecule has 1 fully saturated rings. The van der Waals surface area contributed by atoms with E-state index in [2.05, 4.69) is 18.6 Å². The number of carboxylic acid groups (broad SMARTS) is 1. The fraction of sp³-hybridized carbons (Fsp3) is 0.182. The molecule has 1 saturated heterocycles. The van der Waals surface area contributed by atoms with E-state index < -0.39 is 17.9 Å². The van der Waals surface area contributed by atoms with Gasteiger partial charge in [-0.25, -0.2) is 14.4 Å². The highest BCUT2D eigenvalue weighted by atomic mass is 16.6. The zero-order valence-corrected chi connectivity index (χ0v) is 23.0. The maximum absolute atomic E-state index is 11.0. The van der Waals surface area contributed by atoms with Crippen molar-refractivity contribution in [2.45, 2.75) is 25.4 Å². The largest absolute Gasteiger partial charge is 0.508 e. The number of esters is 2. The lowest BCUT2D eigenvalue weighted by Gasteiger charge is -2.26. The molecule has 6 rings (SSSR count). The number of hydrogen-bond donors (Lipinski definition) is 3. The zero-order valence-electron chi connectivity index (χ0n) is 23.0. The Morgan fingerprint density at radius 3 is 1.83 bits per heavy atom. The van der Waals surface area contributed by atoms with Gasteiger partial charge in [-0.1, -0.05) is 56.3 Å². The van der Waals surface area contributed by atoms with Crippen molar-refractivity contribution in [3.63, 3.8) is 0 Å². The van der Waals surface area contributed by atoms with Gasteiger partial charge >= 0.3 is 17.9 Å². The molecule has 2 aliphatic rings. The summed E-state index contributed by atoms with van der Waals surface area (Å²) in [5, 5.41) is 27.2. The molecule has 1 atom stereocenters. The number of hydrogen-bond acceptors (Lipinski definition) is 8. The first-order valence-corrected chi connectivity index (χ1v) is 13.1. The SMILES string of the molecule is CC(C)(c1ccc(O)cc1)c1ccc(O)cc1.O=C(O)c1ccc2c(c1)C(=O)OC2=O.c1ccc(OCC2CO2)cc1. The third-order valence-corrected chi connectivity index (χ3v) is 6.65. The molecule has 2 heterocycles. The summed E-state index contributed by atoms with van der Waals surface area (Å²) in [5.74, 6) is -1.22. The number of phenols is 2. The van der Waals surface area contributed by atoms with Crippen molar-refractivity contribution in [2.75, 3.05) is 13.2 Å². The van der Waals surface area contributed by atoms with Gasteiger partial charge < -0.3 is 29.5 Å². The van der Waals surface area contributed by atoms with Gasteiger partial charge in [-0.05, 0) is 65.7 Å². The van der Waals surface area contributed by atoms with E-state index in [1.54, 1.807) is 24.3 Å². The predicted molar refractivity (Wildman–Crippen MR) is 153 cm³/mol. The Bertz CT molecular complexity index is 1490. The summed E-state index contributed by atoms with van der Waals surface area (Å²) in [6.07, 6.45) is 0.343. The molecule has 9 nitrogen and oxygen atoms in total. The van der Waals surface area contributed by atoms with Gasteiger partial charge in [0.15, 0.2) is 0 Å². The lowest BCUT2D eigenvalue weighted by Crippen LogP contribution is -2.18. The lowest BCUT2D eigenvalue weighted by molar-refractivity contribution is 0.0443. The van der Waals surface area contributed by atoms with Crippen molar-refractivity contribution in [2.24, 2.45) is 0 Å². The fourth-order valence-electron chi connectivity index (χ4n) is 4.01. The average Bonchev–Trinajstić information content (AvgIpc) is 3.77. The van der Waals surface area contributed by atoms with Crippen LogP contribution in [0.1, 0.15) is 56.0 Å². The Morgan fingerprint density at radius 1 is 0.810 bits per heavy atom. The number of phenolic OH excluding ortho intramolecular Hbond substituents is 2. The standard InChI is InChI=1S/C15H16O2.C9H4O5.C9H10O2/c1-15(2,11-3-7-13(16)8-4-11)12-5-9-14(17)10-6-12;10-7(11)4-1-2-5-6(3-4)9(13)14-8(5)12;1-2-4-8(5-3-1)10-6-9-7-11-9/h3-10,16-17H,1-2H3;1-3H,(H,10,11);1-5,9H,6-7H2. The van der Waals surface area contributed by atoms with Crippen LogP contribution in [-0.2, 0) is 14.9 Å². The van der Waals surface area contributed by atoms with Crippen LogP contribution in [0.25, 0.3) is 0 Å². The number of carboxylic acids is 1. The quantitative estimate of drug-likeness (QED) is 0.154. The summed E-state index contributed by atoms with van der Waals surface area (Å²) in [6, 6.07) is 27.9. The number of aromatic carboxylic acids is 1. The number of aromatic hydroxyl groups is 2. The number of fused-ring (bicyclic) bond motifs is 1. The first-order chi connectivity index (χ1) is 20.0. The maximum atomic E-state index is 11.0. The molecular weight excluding hydrogens is 540 g/mol. The monoisotopic (exact) mass is 570 g/mol. The molecule has 0 bridgehead atoms. The van der Waals surface area contributed by atoms with E-state index in [4.69, 9.17) is 14.6 Å². The van der Waals surface area contributed by atoms with Gasteiger partial charge in [-0.2, -0.15) is 0 Å². The van der Waals surface area contributed by atoms with E-state index in [1.165, 1.54) is 12.1 Å². The van der Waals surface area contributed by atoms with Crippen LogP contribution in [0.5, 0.6) is 17.2 Å². The van der Waals surface area contributed by atoms with Gasteiger partial charge in [0.1, 0.15) is 30.0 Å². The minimum absolute atomic E-state index is 0.00917. The summed E-state index contributed by atoms with van der Waals surface area (Å²) >= 11 is 0. The van der Waals surface area contributed by atoms with Crippen LogP contribution < -0.4 is 4.74 Å². The van der Waals surface area contributed by atoms with Crippen molar-refractivity contribution < 1.29 is 43.9 Å². The summed E-state index contributed by atoms with van der Waals surface area (Å²) < 4.78 is 14.7. The second kappa shape index (κ2) is 13.0. The smallest absolute Gasteiger partial charge is 0.346 e. The molecule has 0 amide bonds. The van der Waals surface area contributed by atoms with Crippen molar-refractivity contribution in [1.82, 2.24) is 0 Å². The molecule has 42 heavy (non-hydrogen) atoms. The van der Waals surface area contributed by atoms with Crippen molar-refractivity contribution >= 4 is 17.9 Å². The van der Waals surface area contributed by atoms with Crippen LogP contribution in [0.3, 0.4) is 0 Å². The molecule has 0 aliphatic carbocycles. The Morgan fingerprint density at radius 2 is 1.33 bits per heavy atom. The molecule has 0 aromatic heterocycles. The summed E-state index contributed by atoms with van der Waals surface area (Å²) in [4.78, 5) is 32.5. The second-order valence-electron chi connectivity index (χ2n) is 10.0. The number of cyclic esters (lactones) is 2. The number of epoxide rings is 1.